The molecule has 34 heavy (non-hydrogen) atoms. The van der Waals surface area contributed by atoms with Gasteiger partial charge in [-0.1, -0.05) is 24.3 Å². The Labute approximate surface area is 194 Å². The summed E-state index contributed by atoms with van der Waals surface area (Å²) in [6.07, 6.45) is 4.91. The molecule has 8 nitrogen and oxygen atoms in total. The number of ketones is 1. The third-order valence-corrected chi connectivity index (χ3v) is 5.63. The lowest BCUT2D eigenvalue weighted by Gasteiger charge is -2.27. The van der Waals surface area contributed by atoms with E-state index in [0.717, 1.165) is 5.56 Å². The summed E-state index contributed by atoms with van der Waals surface area (Å²) < 4.78 is 21.9. The summed E-state index contributed by atoms with van der Waals surface area (Å²) in [7, 11) is 1.28. The highest BCUT2D eigenvalue weighted by molar-refractivity contribution is 6.15. The molecule has 5 rings (SSSR count). The van der Waals surface area contributed by atoms with Gasteiger partial charge in [0.25, 0.3) is 0 Å². The van der Waals surface area contributed by atoms with Gasteiger partial charge in [0.15, 0.2) is 12.4 Å². The predicted octanol–water partition coefficient (Wildman–Crippen LogP) is 3.69. The van der Waals surface area contributed by atoms with Crippen LogP contribution < -0.4 is 14.2 Å². The lowest BCUT2D eigenvalue weighted by molar-refractivity contribution is -0.143. The molecule has 170 valence electrons. The van der Waals surface area contributed by atoms with Crippen LogP contribution in [0.1, 0.15) is 39.4 Å². The standard InChI is InChI=1S/C26H19NO7/c1-31-23(29)14-32-19-7-3-2-6-16(19)18-12-22(28)33-20-9-8-17-25(30)21(34-26(17)24(18)20)11-15-5-4-10-27-13-15/h2-11,13,18H,12,14H2,1H3/b21-11-/t18-/m1/s1. The minimum absolute atomic E-state index is 0.0151. The molecule has 3 aromatic rings. The van der Waals surface area contributed by atoms with Crippen molar-refractivity contribution in [3.8, 4) is 17.2 Å². The van der Waals surface area contributed by atoms with E-state index in [-0.39, 0.29) is 24.6 Å². The van der Waals surface area contributed by atoms with Gasteiger partial charge in [-0.15, -0.1) is 0 Å². The van der Waals surface area contributed by atoms with Crippen LogP contribution in [0.5, 0.6) is 17.2 Å². The monoisotopic (exact) mass is 457 g/mol. The number of Topliss-reactive ketones (excluding diaryl/α,β-unsaturated/α-hetero) is 1. The minimum atomic E-state index is -0.529. The zero-order valence-electron chi connectivity index (χ0n) is 18.1. The van der Waals surface area contributed by atoms with Crippen molar-refractivity contribution in [2.75, 3.05) is 13.7 Å². The van der Waals surface area contributed by atoms with E-state index in [1.165, 1.54) is 7.11 Å². The van der Waals surface area contributed by atoms with Crippen LogP contribution in [-0.2, 0) is 14.3 Å². The Morgan fingerprint density at radius 3 is 2.76 bits per heavy atom. The molecular weight excluding hydrogens is 438 g/mol. The Morgan fingerprint density at radius 1 is 1.12 bits per heavy atom. The molecule has 0 amide bonds. The lowest BCUT2D eigenvalue weighted by atomic mass is 9.84. The highest BCUT2D eigenvalue weighted by Crippen LogP contribution is 2.50. The van der Waals surface area contributed by atoms with E-state index in [0.29, 0.717) is 33.9 Å². The molecule has 0 fully saturated rings. The van der Waals surface area contributed by atoms with Gasteiger partial charge in [-0.25, -0.2) is 4.79 Å². The van der Waals surface area contributed by atoms with Gasteiger partial charge in [-0.2, -0.15) is 0 Å². The number of rotatable bonds is 5. The van der Waals surface area contributed by atoms with Gasteiger partial charge in [0.05, 0.1) is 19.1 Å². The molecular formula is C26H19NO7. The number of aromatic nitrogens is 1. The SMILES string of the molecule is COC(=O)COc1ccccc1[C@H]1CC(=O)Oc2ccc3c(c21)O/C(=C\c1cccnc1)C3=O. The number of carbonyl (C=O) groups excluding carboxylic acids is 3. The Bertz CT molecular complexity index is 1330. The van der Waals surface area contributed by atoms with Crippen LogP contribution >= 0.6 is 0 Å². The third-order valence-electron chi connectivity index (χ3n) is 5.63. The Kier molecular flexibility index (Phi) is 5.55. The normalized spacial score (nSPS) is 17.4. The lowest BCUT2D eigenvalue weighted by Crippen LogP contribution is -2.22. The number of allylic oxidation sites excluding steroid dienone is 1. The molecule has 0 radical (unpaired) electrons. The molecule has 0 spiro atoms. The number of ether oxygens (including phenoxy) is 4. The maximum atomic E-state index is 13.1. The summed E-state index contributed by atoms with van der Waals surface area (Å²) in [5, 5.41) is 0. The van der Waals surface area contributed by atoms with Crippen molar-refractivity contribution in [3.63, 3.8) is 0 Å². The topological polar surface area (TPSA) is 101 Å². The fraction of sp³-hybridized carbons (Fsp3) is 0.154. The summed E-state index contributed by atoms with van der Waals surface area (Å²) in [4.78, 5) is 41.2. The Balaban J connectivity index is 1.58. The number of para-hydroxylation sites is 1. The second kappa shape index (κ2) is 8.82. The second-order valence-corrected chi connectivity index (χ2v) is 7.71. The van der Waals surface area contributed by atoms with Crippen LogP contribution in [0.3, 0.4) is 0 Å². The van der Waals surface area contributed by atoms with Crippen molar-refractivity contribution >= 4 is 23.8 Å². The molecule has 0 saturated carbocycles. The molecule has 2 aliphatic rings. The number of benzene rings is 2. The van der Waals surface area contributed by atoms with Crippen molar-refractivity contribution in [2.45, 2.75) is 12.3 Å². The van der Waals surface area contributed by atoms with Crippen molar-refractivity contribution < 1.29 is 33.3 Å². The van der Waals surface area contributed by atoms with Gasteiger partial charge in [0, 0.05) is 29.4 Å². The molecule has 0 aliphatic carbocycles. The van der Waals surface area contributed by atoms with E-state index in [4.69, 9.17) is 14.2 Å². The van der Waals surface area contributed by atoms with Crippen LogP contribution in [0, 0.1) is 0 Å². The first-order chi connectivity index (χ1) is 16.5. The van der Waals surface area contributed by atoms with Crippen molar-refractivity contribution in [1.82, 2.24) is 4.98 Å². The predicted molar refractivity (Wildman–Crippen MR) is 120 cm³/mol. The van der Waals surface area contributed by atoms with Gasteiger partial charge in [0.1, 0.15) is 17.2 Å². The summed E-state index contributed by atoms with van der Waals surface area (Å²) in [5.74, 6) is -0.489. The van der Waals surface area contributed by atoms with Gasteiger partial charge >= 0.3 is 11.9 Å². The summed E-state index contributed by atoms with van der Waals surface area (Å²) in [5.41, 5.74) is 2.34. The fourth-order valence-corrected chi connectivity index (χ4v) is 4.08. The number of hydrogen-bond donors (Lipinski definition) is 0. The summed E-state index contributed by atoms with van der Waals surface area (Å²) >= 11 is 0. The van der Waals surface area contributed by atoms with Gasteiger partial charge < -0.3 is 18.9 Å². The first-order valence-electron chi connectivity index (χ1n) is 10.6. The molecule has 0 unspecified atom stereocenters. The van der Waals surface area contributed by atoms with E-state index in [9.17, 15) is 14.4 Å². The van der Waals surface area contributed by atoms with Crippen LogP contribution in [0.15, 0.2) is 66.7 Å². The van der Waals surface area contributed by atoms with E-state index >= 15 is 0 Å². The first kappa shape index (κ1) is 21.4. The zero-order valence-corrected chi connectivity index (χ0v) is 18.1. The van der Waals surface area contributed by atoms with Crippen LogP contribution in [0.2, 0.25) is 0 Å². The molecule has 2 aliphatic heterocycles. The summed E-state index contributed by atoms with van der Waals surface area (Å²) in [6.45, 7) is -0.280. The molecule has 2 aromatic carbocycles. The van der Waals surface area contributed by atoms with Crippen LogP contribution in [0.25, 0.3) is 6.08 Å². The van der Waals surface area contributed by atoms with Gasteiger partial charge in [-0.3, -0.25) is 14.6 Å². The molecule has 0 bridgehead atoms. The molecule has 1 atom stereocenters. The van der Waals surface area contributed by atoms with Crippen LogP contribution in [-0.4, -0.2) is 36.4 Å². The number of carbonyl (C=O) groups is 3. The molecule has 0 saturated heterocycles. The summed E-state index contributed by atoms with van der Waals surface area (Å²) in [6, 6.07) is 13.9. The Hall–Kier alpha value is -4.46. The quantitative estimate of drug-likeness (QED) is 0.325. The molecule has 0 N–H and O–H groups in total. The number of fused-ring (bicyclic) bond motifs is 3. The number of nitrogens with zero attached hydrogens (tertiary/aromatic N) is 1. The molecule has 8 heteroatoms. The smallest absolute Gasteiger partial charge is 0.343 e. The van der Waals surface area contributed by atoms with Crippen molar-refractivity contribution in [3.05, 3.63) is 88.9 Å². The van der Waals surface area contributed by atoms with Crippen molar-refractivity contribution in [2.24, 2.45) is 0 Å². The van der Waals surface area contributed by atoms with E-state index in [1.807, 2.05) is 18.2 Å². The van der Waals surface area contributed by atoms with Crippen molar-refractivity contribution in [1.29, 1.82) is 0 Å². The zero-order chi connectivity index (χ0) is 23.7. The maximum Gasteiger partial charge on any atom is 0.343 e. The first-order valence-corrected chi connectivity index (χ1v) is 10.6. The van der Waals surface area contributed by atoms with E-state index in [1.54, 1.807) is 48.8 Å². The number of methoxy groups -OCH3 is 1. The average Bonchev–Trinajstić information content (AvgIpc) is 3.17. The average molecular weight is 457 g/mol. The number of pyridine rings is 1. The maximum absolute atomic E-state index is 13.1. The number of hydrogen-bond acceptors (Lipinski definition) is 8. The third kappa shape index (κ3) is 3.90. The molecule has 3 heterocycles. The highest BCUT2D eigenvalue weighted by Gasteiger charge is 2.39. The molecule has 1 aromatic heterocycles. The van der Waals surface area contributed by atoms with Gasteiger partial charge in [0.2, 0.25) is 5.78 Å². The minimum Gasteiger partial charge on any atom is -0.482 e. The van der Waals surface area contributed by atoms with E-state index < -0.39 is 17.9 Å². The van der Waals surface area contributed by atoms with Crippen LogP contribution in [0.4, 0.5) is 0 Å². The fourth-order valence-electron chi connectivity index (χ4n) is 4.08. The largest absolute Gasteiger partial charge is 0.482 e. The number of esters is 2. The van der Waals surface area contributed by atoms with Gasteiger partial charge in [-0.05, 0) is 35.9 Å². The van der Waals surface area contributed by atoms with E-state index in [2.05, 4.69) is 9.72 Å². The second-order valence-electron chi connectivity index (χ2n) is 7.71. The highest BCUT2D eigenvalue weighted by atomic mass is 16.6. The Morgan fingerprint density at radius 2 is 1.97 bits per heavy atom.